The van der Waals surface area contributed by atoms with Gasteiger partial charge in [-0.2, -0.15) is 0 Å². The number of aromatic nitrogens is 2. The van der Waals surface area contributed by atoms with Gasteiger partial charge >= 0.3 is 0 Å². The van der Waals surface area contributed by atoms with Crippen LogP contribution >= 0.6 is 43.6 Å². The normalized spacial score (nSPS) is 10.6. The zero-order valence-electron chi connectivity index (χ0n) is 9.86. The minimum absolute atomic E-state index is 0.846. The first-order chi connectivity index (χ1) is 8.67. The van der Waals surface area contributed by atoms with E-state index in [0.717, 1.165) is 37.7 Å². The molecule has 1 heterocycles. The molecule has 18 heavy (non-hydrogen) atoms. The van der Waals surface area contributed by atoms with Crippen molar-refractivity contribution >= 4 is 43.6 Å². The van der Waals surface area contributed by atoms with Crippen LogP contribution in [0.5, 0.6) is 0 Å². The second kappa shape index (κ2) is 6.68. The third kappa shape index (κ3) is 4.07. The zero-order valence-corrected chi connectivity index (χ0v) is 13.8. The molecule has 2 nitrogen and oxygen atoms in total. The lowest BCUT2D eigenvalue weighted by Gasteiger charge is -2.04. The Morgan fingerprint density at radius 1 is 1.17 bits per heavy atom. The van der Waals surface area contributed by atoms with Crippen LogP contribution in [0.3, 0.4) is 0 Å². The number of hydrogen-bond donors (Lipinski definition) is 0. The first kappa shape index (κ1) is 14.0. The molecule has 0 fully saturated rings. The van der Waals surface area contributed by atoms with E-state index in [0.29, 0.717) is 0 Å². The van der Waals surface area contributed by atoms with Crippen molar-refractivity contribution in [2.75, 3.05) is 0 Å². The summed E-state index contributed by atoms with van der Waals surface area (Å²) in [7, 11) is 0. The number of halogens is 2. The van der Waals surface area contributed by atoms with Crippen LogP contribution in [0.2, 0.25) is 0 Å². The molecule has 0 aliphatic heterocycles. The molecule has 0 N–H and O–H groups in total. The summed E-state index contributed by atoms with van der Waals surface area (Å²) < 4.78 is 1.92. The van der Waals surface area contributed by atoms with Gasteiger partial charge in [-0.15, -0.1) is 0 Å². The third-order valence-electron chi connectivity index (χ3n) is 2.21. The molecule has 94 valence electrons. The maximum atomic E-state index is 4.55. The van der Waals surface area contributed by atoms with Crippen LogP contribution in [-0.4, -0.2) is 9.97 Å². The fraction of sp³-hybridized carbons (Fsp3) is 0.231. The SMILES string of the molecule is CCCc1nc(Br)cc(Sc2cccc(Br)c2)n1. The summed E-state index contributed by atoms with van der Waals surface area (Å²) in [6.45, 7) is 2.13. The standard InChI is InChI=1S/C13H12Br2N2S/c1-2-4-12-16-11(15)8-13(17-12)18-10-6-3-5-9(14)7-10/h3,5-8H,2,4H2,1H3. The maximum Gasteiger partial charge on any atom is 0.130 e. The molecule has 0 radical (unpaired) electrons. The molecule has 1 aromatic carbocycles. The molecule has 1 aromatic heterocycles. The van der Waals surface area contributed by atoms with E-state index in [1.54, 1.807) is 11.8 Å². The van der Waals surface area contributed by atoms with Gasteiger partial charge in [-0.25, -0.2) is 9.97 Å². The lowest BCUT2D eigenvalue weighted by atomic mass is 10.3. The van der Waals surface area contributed by atoms with Crippen molar-refractivity contribution in [3.05, 3.63) is 45.2 Å². The Morgan fingerprint density at radius 2 is 2.00 bits per heavy atom. The Kier molecular flexibility index (Phi) is 5.21. The largest absolute Gasteiger partial charge is 0.226 e. The van der Waals surface area contributed by atoms with Gasteiger partial charge in [-0.05, 0) is 40.5 Å². The summed E-state index contributed by atoms with van der Waals surface area (Å²) in [5.74, 6) is 0.893. The quantitative estimate of drug-likeness (QED) is 0.682. The van der Waals surface area contributed by atoms with Gasteiger partial charge in [0, 0.05) is 21.9 Å². The summed E-state index contributed by atoms with van der Waals surface area (Å²) in [5, 5.41) is 0.971. The number of hydrogen-bond acceptors (Lipinski definition) is 3. The first-order valence-corrected chi connectivity index (χ1v) is 8.04. The monoisotopic (exact) mass is 386 g/mol. The summed E-state index contributed by atoms with van der Waals surface area (Å²) in [6, 6.07) is 10.1. The Bertz CT molecular complexity index is 546. The van der Waals surface area contributed by atoms with Crippen molar-refractivity contribution in [2.45, 2.75) is 29.7 Å². The van der Waals surface area contributed by atoms with Gasteiger partial charge < -0.3 is 0 Å². The molecule has 0 saturated heterocycles. The van der Waals surface area contributed by atoms with Gasteiger partial charge in [0.25, 0.3) is 0 Å². The highest BCUT2D eigenvalue weighted by atomic mass is 79.9. The number of nitrogens with zero attached hydrogens (tertiary/aromatic N) is 2. The Hall–Kier alpha value is -0.390. The zero-order chi connectivity index (χ0) is 13.0. The molecule has 0 spiro atoms. The van der Waals surface area contributed by atoms with Crippen LogP contribution < -0.4 is 0 Å². The highest BCUT2D eigenvalue weighted by Gasteiger charge is 2.05. The summed E-state index contributed by atoms with van der Waals surface area (Å²) in [4.78, 5) is 10.1. The average Bonchev–Trinajstić information content (AvgIpc) is 2.28. The molecule has 0 unspecified atom stereocenters. The van der Waals surface area contributed by atoms with Gasteiger partial charge in [-0.3, -0.25) is 0 Å². The van der Waals surface area contributed by atoms with Crippen molar-refractivity contribution < 1.29 is 0 Å². The summed E-state index contributed by atoms with van der Waals surface area (Å²) in [5.41, 5.74) is 0. The molecule has 0 atom stereocenters. The summed E-state index contributed by atoms with van der Waals surface area (Å²) in [6.07, 6.45) is 1.96. The van der Waals surface area contributed by atoms with Crippen LogP contribution in [0.1, 0.15) is 19.2 Å². The first-order valence-electron chi connectivity index (χ1n) is 5.64. The molecule has 2 aromatic rings. The van der Waals surface area contributed by atoms with Crippen molar-refractivity contribution in [3.8, 4) is 0 Å². The lowest BCUT2D eigenvalue weighted by molar-refractivity contribution is 0.803. The van der Waals surface area contributed by atoms with E-state index in [1.165, 1.54) is 0 Å². The van der Waals surface area contributed by atoms with Crippen molar-refractivity contribution in [2.24, 2.45) is 0 Å². The molecule has 0 amide bonds. The molecule has 2 rings (SSSR count). The van der Waals surface area contributed by atoms with E-state index >= 15 is 0 Å². The molecule has 0 bridgehead atoms. The molecular formula is C13H12Br2N2S. The van der Waals surface area contributed by atoms with Gasteiger partial charge in [0.15, 0.2) is 0 Å². The van der Waals surface area contributed by atoms with Crippen LogP contribution in [-0.2, 0) is 6.42 Å². The van der Waals surface area contributed by atoms with Gasteiger partial charge in [0.05, 0.1) is 0 Å². The maximum absolute atomic E-state index is 4.55. The Morgan fingerprint density at radius 3 is 2.72 bits per heavy atom. The molecular weight excluding hydrogens is 376 g/mol. The number of aryl methyl sites for hydroxylation is 1. The van der Waals surface area contributed by atoms with Crippen LogP contribution in [0, 0.1) is 0 Å². The van der Waals surface area contributed by atoms with Crippen LogP contribution in [0.4, 0.5) is 0 Å². The Labute approximate surface area is 128 Å². The fourth-order valence-electron chi connectivity index (χ4n) is 1.48. The minimum Gasteiger partial charge on any atom is -0.226 e. The van der Waals surface area contributed by atoms with E-state index in [9.17, 15) is 0 Å². The van der Waals surface area contributed by atoms with E-state index in [-0.39, 0.29) is 0 Å². The third-order valence-corrected chi connectivity index (χ3v) is 4.02. The lowest BCUT2D eigenvalue weighted by Crippen LogP contribution is -1.96. The topological polar surface area (TPSA) is 25.8 Å². The smallest absolute Gasteiger partial charge is 0.130 e. The van der Waals surface area contributed by atoms with Crippen molar-refractivity contribution in [1.82, 2.24) is 9.97 Å². The predicted molar refractivity (Wildman–Crippen MR) is 82.0 cm³/mol. The van der Waals surface area contributed by atoms with Gasteiger partial charge in [0.2, 0.25) is 0 Å². The van der Waals surface area contributed by atoms with Crippen LogP contribution in [0.15, 0.2) is 49.3 Å². The van der Waals surface area contributed by atoms with Gasteiger partial charge in [-0.1, -0.05) is 40.7 Å². The van der Waals surface area contributed by atoms with Crippen molar-refractivity contribution in [1.29, 1.82) is 0 Å². The highest BCUT2D eigenvalue weighted by Crippen LogP contribution is 2.29. The molecule has 0 saturated carbocycles. The van der Waals surface area contributed by atoms with E-state index in [4.69, 9.17) is 0 Å². The van der Waals surface area contributed by atoms with Crippen molar-refractivity contribution in [3.63, 3.8) is 0 Å². The van der Waals surface area contributed by atoms with E-state index in [1.807, 2.05) is 18.2 Å². The Balaban J connectivity index is 2.23. The second-order valence-electron chi connectivity index (χ2n) is 3.75. The average molecular weight is 388 g/mol. The molecule has 0 aliphatic carbocycles. The summed E-state index contributed by atoms with van der Waals surface area (Å²) >= 11 is 8.56. The van der Waals surface area contributed by atoms with Gasteiger partial charge in [0.1, 0.15) is 15.5 Å². The second-order valence-corrected chi connectivity index (χ2v) is 6.58. The minimum atomic E-state index is 0.846. The van der Waals surface area contributed by atoms with E-state index in [2.05, 4.69) is 60.9 Å². The number of rotatable bonds is 4. The fourth-order valence-corrected chi connectivity index (χ4v) is 3.50. The predicted octanol–water partition coefficient (Wildman–Crippen LogP) is 5.11. The highest BCUT2D eigenvalue weighted by molar-refractivity contribution is 9.10. The van der Waals surface area contributed by atoms with E-state index < -0.39 is 0 Å². The van der Waals surface area contributed by atoms with Crippen LogP contribution in [0.25, 0.3) is 0 Å². The molecule has 5 heteroatoms. The molecule has 0 aliphatic rings. The number of benzene rings is 1.